The van der Waals surface area contributed by atoms with E-state index in [-0.39, 0.29) is 5.91 Å². The van der Waals surface area contributed by atoms with Gasteiger partial charge in [-0.05, 0) is 56.3 Å². The summed E-state index contributed by atoms with van der Waals surface area (Å²) in [5.74, 6) is 0.202. The van der Waals surface area contributed by atoms with Crippen LogP contribution in [0, 0.1) is 0 Å². The minimum absolute atomic E-state index is 0.202. The van der Waals surface area contributed by atoms with Gasteiger partial charge in [0.1, 0.15) is 0 Å². The van der Waals surface area contributed by atoms with E-state index in [0.717, 1.165) is 44.1 Å². The van der Waals surface area contributed by atoms with Crippen molar-refractivity contribution >= 4 is 5.91 Å². The molecule has 0 aromatic heterocycles. The van der Waals surface area contributed by atoms with Crippen molar-refractivity contribution in [1.29, 1.82) is 0 Å². The summed E-state index contributed by atoms with van der Waals surface area (Å²) in [6.07, 6.45) is 7.57. The van der Waals surface area contributed by atoms with Gasteiger partial charge in [0.2, 0.25) is 0 Å². The summed E-state index contributed by atoms with van der Waals surface area (Å²) in [6, 6.07) is 9.05. The maximum Gasteiger partial charge on any atom is 0.253 e. The molecule has 1 aromatic rings. The number of piperidine rings is 1. The Morgan fingerprint density at radius 1 is 1.05 bits per heavy atom. The maximum absolute atomic E-state index is 12.4. The average Bonchev–Trinajstić information content (AvgIpc) is 3.10. The molecule has 0 N–H and O–H groups in total. The van der Waals surface area contributed by atoms with E-state index in [4.69, 9.17) is 0 Å². The van der Waals surface area contributed by atoms with E-state index in [9.17, 15) is 4.79 Å². The number of amides is 1. The molecule has 1 aromatic carbocycles. The Kier molecular flexibility index (Phi) is 5.14. The first-order valence-electron chi connectivity index (χ1n) is 8.90. The summed E-state index contributed by atoms with van der Waals surface area (Å²) in [5, 5.41) is 0. The molecule has 1 atom stereocenters. The topological polar surface area (TPSA) is 23.6 Å². The summed E-state index contributed by atoms with van der Waals surface area (Å²) in [4.78, 5) is 17.0. The van der Waals surface area contributed by atoms with Crippen molar-refractivity contribution in [3.63, 3.8) is 0 Å². The van der Waals surface area contributed by atoms with Gasteiger partial charge in [0.15, 0.2) is 0 Å². The molecule has 2 aliphatic heterocycles. The van der Waals surface area contributed by atoms with Gasteiger partial charge in [-0.15, -0.1) is 0 Å². The molecule has 0 bridgehead atoms. The molecule has 22 heavy (non-hydrogen) atoms. The molecule has 3 heteroatoms. The van der Waals surface area contributed by atoms with E-state index in [0.29, 0.717) is 0 Å². The van der Waals surface area contributed by atoms with Crippen molar-refractivity contribution in [3.05, 3.63) is 35.4 Å². The fraction of sp³-hybridized carbons (Fsp3) is 0.632. The van der Waals surface area contributed by atoms with Crippen LogP contribution in [0.3, 0.4) is 0 Å². The fourth-order valence-corrected chi connectivity index (χ4v) is 3.82. The van der Waals surface area contributed by atoms with Crippen molar-refractivity contribution < 1.29 is 4.79 Å². The number of likely N-dealkylation sites (tertiary alicyclic amines) is 2. The highest BCUT2D eigenvalue weighted by molar-refractivity contribution is 5.94. The van der Waals surface area contributed by atoms with E-state index >= 15 is 0 Å². The molecule has 3 nitrogen and oxygen atoms in total. The number of carbonyl (C=O) groups excluding carboxylic acids is 1. The van der Waals surface area contributed by atoms with Crippen molar-refractivity contribution in [2.45, 2.75) is 58.0 Å². The van der Waals surface area contributed by atoms with Crippen LogP contribution in [0.2, 0.25) is 0 Å². The number of benzene rings is 1. The van der Waals surface area contributed by atoms with E-state index in [1.165, 1.54) is 37.8 Å². The molecule has 2 aliphatic rings. The highest BCUT2D eigenvalue weighted by Crippen LogP contribution is 2.22. The monoisotopic (exact) mass is 300 g/mol. The summed E-state index contributed by atoms with van der Waals surface area (Å²) in [5.41, 5.74) is 2.18. The second-order valence-corrected chi connectivity index (χ2v) is 6.72. The third-order valence-electron chi connectivity index (χ3n) is 5.20. The summed E-state index contributed by atoms with van der Waals surface area (Å²) < 4.78 is 0. The van der Waals surface area contributed by atoms with Crippen LogP contribution in [0.5, 0.6) is 0 Å². The molecule has 0 spiro atoms. The molecule has 1 amide bonds. The maximum atomic E-state index is 12.4. The van der Waals surface area contributed by atoms with Crippen LogP contribution in [0.1, 0.15) is 61.4 Å². The van der Waals surface area contributed by atoms with Crippen molar-refractivity contribution in [1.82, 2.24) is 9.80 Å². The van der Waals surface area contributed by atoms with E-state index in [1.807, 2.05) is 17.0 Å². The van der Waals surface area contributed by atoms with Crippen molar-refractivity contribution in [2.24, 2.45) is 0 Å². The number of nitrogens with zero attached hydrogens (tertiary/aromatic N) is 2. The molecule has 2 saturated heterocycles. The Bertz CT molecular complexity index is 491. The average molecular weight is 300 g/mol. The van der Waals surface area contributed by atoms with E-state index in [2.05, 4.69) is 24.0 Å². The molecule has 0 aliphatic carbocycles. The van der Waals surface area contributed by atoms with Crippen LogP contribution in [0.25, 0.3) is 0 Å². The van der Waals surface area contributed by atoms with Gasteiger partial charge in [0, 0.05) is 31.2 Å². The van der Waals surface area contributed by atoms with Gasteiger partial charge in [-0.25, -0.2) is 0 Å². The lowest BCUT2D eigenvalue weighted by Gasteiger charge is -2.35. The molecule has 1 unspecified atom stereocenters. The quantitative estimate of drug-likeness (QED) is 0.846. The lowest BCUT2D eigenvalue weighted by atomic mass is 9.99. The summed E-state index contributed by atoms with van der Waals surface area (Å²) in [7, 11) is 0. The number of rotatable bonds is 4. The van der Waals surface area contributed by atoms with Crippen molar-refractivity contribution in [3.8, 4) is 0 Å². The molecule has 0 saturated carbocycles. The minimum atomic E-state index is 0.202. The lowest BCUT2D eigenvalue weighted by molar-refractivity contribution is 0.0792. The molecule has 2 heterocycles. The van der Waals surface area contributed by atoms with E-state index < -0.39 is 0 Å². The predicted octanol–water partition coefficient (Wildman–Crippen LogP) is 3.69. The number of hydrogen-bond donors (Lipinski definition) is 0. The van der Waals surface area contributed by atoms with Gasteiger partial charge in [0.25, 0.3) is 5.91 Å². The van der Waals surface area contributed by atoms with E-state index in [1.54, 1.807) is 0 Å². The van der Waals surface area contributed by atoms with Gasteiger partial charge in [-0.3, -0.25) is 9.69 Å². The summed E-state index contributed by atoms with van der Waals surface area (Å²) >= 11 is 0. The zero-order valence-electron chi connectivity index (χ0n) is 13.8. The van der Waals surface area contributed by atoms with Gasteiger partial charge in [0.05, 0.1) is 0 Å². The smallest absolute Gasteiger partial charge is 0.253 e. The SMILES string of the molecule is CCC1CCCCN1Cc1ccc(C(=O)N2CCCC2)cc1. The third kappa shape index (κ3) is 3.52. The summed E-state index contributed by atoms with van der Waals surface area (Å²) in [6.45, 7) is 6.38. The first-order chi connectivity index (χ1) is 10.8. The van der Waals surface area contributed by atoms with Gasteiger partial charge >= 0.3 is 0 Å². The first-order valence-corrected chi connectivity index (χ1v) is 8.90. The van der Waals surface area contributed by atoms with Crippen LogP contribution in [-0.4, -0.2) is 41.4 Å². The van der Waals surface area contributed by atoms with Crippen LogP contribution < -0.4 is 0 Å². The highest BCUT2D eigenvalue weighted by atomic mass is 16.2. The zero-order chi connectivity index (χ0) is 15.4. The molecule has 120 valence electrons. The third-order valence-corrected chi connectivity index (χ3v) is 5.20. The number of hydrogen-bond acceptors (Lipinski definition) is 2. The first kappa shape index (κ1) is 15.5. The fourth-order valence-electron chi connectivity index (χ4n) is 3.82. The molecule has 2 fully saturated rings. The second kappa shape index (κ2) is 7.28. The Morgan fingerprint density at radius 3 is 2.41 bits per heavy atom. The molecule has 3 rings (SSSR count). The normalized spacial score (nSPS) is 23.0. The van der Waals surface area contributed by atoms with Crippen LogP contribution in [-0.2, 0) is 6.54 Å². The Labute approximate surface area is 134 Å². The molecular formula is C19H28N2O. The Balaban J connectivity index is 1.62. The molecule has 0 radical (unpaired) electrons. The van der Waals surface area contributed by atoms with Crippen molar-refractivity contribution in [2.75, 3.05) is 19.6 Å². The standard InChI is InChI=1S/C19H28N2O/c1-2-18-7-3-4-14-21(18)15-16-8-10-17(11-9-16)19(22)20-12-5-6-13-20/h8-11,18H,2-7,12-15H2,1H3. The van der Waals surface area contributed by atoms with Crippen LogP contribution >= 0.6 is 0 Å². The second-order valence-electron chi connectivity index (χ2n) is 6.72. The van der Waals surface area contributed by atoms with Crippen LogP contribution in [0.4, 0.5) is 0 Å². The number of carbonyl (C=O) groups is 1. The Morgan fingerprint density at radius 2 is 1.73 bits per heavy atom. The minimum Gasteiger partial charge on any atom is -0.339 e. The molecular weight excluding hydrogens is 272 g/mol. The Hall–Kier alpha value is -1.35. The zero-order valence-corrected chi connectivity index (χ0v) is 13.8. The van der Waals surface area contributed by atoms with Gasteiger partial charge < -0.3 is 4.90 Å². The van der Waals surface area contributed by atoms with Crippen LogP contribution in [0.15, 0.2) is 24.3 Å². The largest absolute Gasteiger partial charge is 0.339 e. The van der Waals surface area contributed by atoms with Gasteiger partial charge in [-0.2, -0.15) is 0 Å². The predicted molar refractivity (Wildman–Crippen MR) is 89.9 cm³/mol. The highest BCUT2D eigenvalue weighted by Gasteiger charge is 2.21. The lowest BCUT2D eigenvalue weighted by Crippen LogP contribution is -2.38. The van der Waals surface area contributed by atoms with Gasteiger partial charge in [-0.1, -0.05) is 25.5 Å².